The van der Waals surface area contributed by atoms with Gasteiger partial charge < -0.3 is 10.2 Å². The SMILES string of the molecule is CCc1cc(C(C)(C)c2cccc(C(C)(C)c3cc(CC)c(O)c(CC)c3)c2)cc(CC)c1O. The van der Waals surface area contributed by atoms with Gasteiger partial charge in [-0.1, -0.05) is 104 Å². The smallest absolute Gasteiger partial charge is 0.121 e. The fourth-order valence-corrected chi connectivity index (χ4v) is 4.95. The maximum Gasteiger partial charge on any atom is 0.121 e. The summed E-state index contributed by atoms with van der Waals surface area (Å²) in [7, 11) is 0. The summed E-state index contributed by atoms with van der Waals surface area (Å²) >= 11 is 0. The molecule has 0 radical (unpaired) electrons. The second-order valence-electron chi connectivity index (χ2n) is 10.5. The van der Waals surface area contributed by atoms with E-state index in [-0.39, 0.29) is 10.8 Å². The van der Waals surface area contributed by atoms with Crippen molar-refractivity contribution in [2.75, 3.05) is 0 Å². The van der Waals surface area contributed by atoms with Crippen LogP contribution in [0.3, 0.4) is 0 Å². The predicted molar refractivity (Wildman–Crippen MR) is 144 cm³/mol. The average molecular weight is 459 g/mol. The first kappa shape index (κ1) is 25.9. The number of rotatable bonds is 8. The molecular weight excluding hydrogens is 416 g/mol. The van der Waals surface area contributed by atoms with E-state index in [1.165, 1.54) is 22.3 Å². The molecule has 0 amide bonds. The van der Waals surface area contributed by atoms with E-state index in [0.29, 0.717) is 11.5 Å². The van der Waals surface area contributed by atoms with Gasteiger partial charge in [0.05, 0.1) is 0 Å². The van der Waals surface area contributed by atoms with Crippen LogP contribution in [-0.2, 0) is 36.5 Å². The van der Waals surface area contributed by atoms with Gasteiger partial charge in [-0.2, -0.15) is 0 Å². The Bertz CT molecular complexity index is 1030. The topological polar surface area (TPSA) is 40.5 Å². The number of phenolic OH excluding ortho intramolecular Hbond substituents is 2. The molecule has 182 valence electrons. The highest BCUT2D eigenvalue weighted by Gasteiger charge is 2.29. The van der Waals surface area contributed by atoms with Crippen molar-refractivity contribution in [1.82, 2.24) is 0 Å². The van der Waals surface area contributed by atoms with Crippen molar-refractivity contribution in [3.63, 3.8) is 0 Å². The van der Waals surface area contributed by atoms with E-state index in [4.69, 9.17) is 0 Å². The molecule has 0 fully saturated rings. The number of phenols is 2. The van der Waals surface area contributed by atoms with E-state index in [9.17, 15) is 10.2 Å². The minimum Gasteiger partial charge on any atom is -0.507 e. The number of aryl methyl sites for hydroxylation is 4. The molecule has 0 atom stereocenters. The van der Waals surface area contributed by atoms with Crippen molar-refractivity contribution in [3.8, 4) is 11.5 Å². The predicted octanol–water partition coefficient (Wildman–Crippen LogP) is 8.00. The zero-order valence-corrected chi connectivity index (χ0v) is 22.3. The van der Waals surface area contributed by atoms with Crippen molar-refractivity contribution < 1.29 is 10.2 Å². The molecule has 0 saturated heterocycles. The molecule has 0 heterocycles. The van der Waals surface area contributed by atoms with E-state index in [2.05, 4.69) is 104 Å². The van der Waals surface area contributed by atoms with Crippen LogP contribution in [0.5, 0.6) is 11.5 Å². The van der Waals surface area contributed by atoms with Gasteiger partial charge in [-0.05, 0) is 70.2 Å². The Morgan fingerprint density at radius 2 is 0.794 bits per heavy atom. The average Bonchev–Trinajstić information content (AvgIpc) is 2.84. The third kappa shape index (κ3) is 4.60. The molecule has 2 heteroatoms. The van der Waals surface area contributed by atoms with Gasteiger partial charge in [-0.25, -0.2) is 0 Å². The normalized spacial score (nSPS) is 12.2. The molecule has 0 aliphatic heterocycles. The van der Waals surface area contributed by atoms with Crippen LogP contribution in [0.1, 0.15) is 99.9 Å². The maximum absolute atomic E-state index is 10.6. The molecule has 3 aromatic rings. The molecule has 0 unspecified atom stereocenters. The monoisotopic (exact) mass is 458 g/mol. The summed E-state index contributed by atoms with van der Waals surface area (Å²) in [5, 5.41) is 21.2. The van der Waals surface area contributed by atoms with Crippen molar-refractivity contribution in [2.45, 2.75) is 91.9 Å². The Morgan fingerprint density at radius 3 is 1.06 bits per heavy atom. The fourth-order valence-electron chi connectivity index (χ4n) is 4.95. The van der Waals surface area contributed by atoms with E-state index in [1.807, 2.05) is 0 Å². The second kappa shape index (κ2) is 9.86. The summed E-state index contributed by atoms with van der Waals surface area (Å²) in [6, 6.07) is 17.6. The zero-order chi connectivity index (χ0) is 25.3. The standard InChI is InChI=1S/C32H42O2/c1-9-21-16-27(17-22(10-2)29(21)33)31(5,6)25-14-13-15-26(20-25)32(7,8)28-18-23(11-3)30(34)24(12-4)19-28/h13-20,33-34H,9-12H2,1-8H3. The van der Waals surface area contributed by atoms with Crippen molar-refractivity contribution >= 4 is 0 Å². The van der Waals surface area contributed by atoms with E-state index >= 15 is 0 Å². The van der Waals surface area contributed by atoms with Gasteiger partial charge in [0.1, 0.15) is 11.5 Å². The van der Waals surface area contributed by atoms with Gasteiger partial charge in [0, 0.05) is 10.8 Å². The van der Waals surface area contributed by atoms with Crippen molar-refractivity contribution in [3.05, 3.63) is 93.0 Å². The Labute approximate surface area is 206 Å². The molecule has 0 aliphatic rings. The molecule has 2 N–H and O–H groups in total. The quantitative estimate of drug-likeness (QED) is 0.359. The summed E-state index contributed by atoms with van der Waals surface area (Å²) in [4.78, 5) is 0. The van der Waals surface area contributed by atoms with Crippen molar-refractivity contribution in [2.24, 2.45) is 0 Å². The minimum atomic E-state index is -0.203. The Balaban J connectivity index is 2.12. The molecule has 0 aromatic heterocycles. The van der Waals surface area contributed by atoms with Crippen LogP contribution in [-0.4, -0.2) is 10.2 Å². The number of aromatic hydroxyl groups is 2. The second-order valence-corrected chi connectivity index (χ2v) is 10.5. The lowest BCUT2D eigenvalue weighted by atomic mass is 9.72. The first-order valence-electron chi connectivity index (χ1n) is 12.8. The van der Waals surface area contributed by atoms with E-state index in [1.54, 1.807) is 0 Å². The molecule has 0 spiro atoms. The Kier molecular flexibility index (Phi) is 7.50. The van der Waals surface area contributed by atoms with Gasteiger partial charge in [-0.15, -0.1) is 0 Å². The maximum atomic E-state index is 10.6. The molecule has 0 bridgehead atoms. The number of benzene rings is 3. The van der Waals surface area contributed by atoms with Gasteiger partial charge in [0.2, 0.25) is 0 Å². The highest BCUT2D eigenvalue weighted by molar-refractivity contribution is 5.52. The largest absolute Gasteiger partial charge is 0.507 e. The molecular formula is C32H42O2. The number of hydrogen-bond donors (Lipinski definition) is 2. The molecule has 2 nitrogen and oxygen atoms in total. The molecule has 3 rings (SSSR count). The zero-order valence-electron chi connectivity index (χ0n) is 22.3. The lowest BCUT2D eigenvalue weighted by molar-refractivity contribution is 0.460. The van der Waals surface area contributed by atoms with Crippen LogP contribution in [0, 0.1) is 0 Å². The summed E-state index contributed by atoms with van der Waals surface area (Å²) in [6.07, 6.45) is 3.26. The van der Waals surface area contributed by atoms with Gasteiger partial charge in [-0.3, -0.25) is 0 Å². The van der Waals surface area contributed by atoms with Gasteiger partial charge in [0.15, 0.2) is 0 Å². The van der Waals surface area contributed by atoms with Crippen LogP contribution in [0.25, 0.3) is 0 Å². The van der Waals surface area contributed by atoms with Crippen molar-refractivity contribution in [1.29, 1.82) is 0 Å². The third-order valence-electron chi connectivity index (χ3n) is 7.81. The summed E-state index contributed by atoms with van der Waals surface area (Å²) in [5.41, 5.74) is 8.66. The van der Waals surface area contributed by atoms with E-state index < -0.39 is 0 Å². The Morgan fingerprint density at radius 1 is 0.500 bits per heavy atom. The fraction of sp³-hybridized carbons (Fsp3) is 0.438. The van der Waals surface area contributed by atoms with E-state index in [0.717, 1.165) is 47.9 Å². The van der Waals surface area contributed by atoms with Crippen LogP contribution in [0.2, 0.25) is 0 Å². The first-order valence-corrected chi connectivity index (χ1v) is 12.8. The van der Waals surface area contributed by atoms with Crippen LogP contribution >= 0.6 is 0 Å². The molecule has 0 saturated carbocycles. The molecule has 0 aliphatic carbocycles. The highest BCUT2D eigenvalue weighted by Crippen LogP contribution is 2.40. The molecule has 3 aromatic carbocycles. The molecule has 34 heavy (non-hydrogen) atoms. The van der Waals surface area contributed by atoms with Crippen LogP contribution in [0.4, 0.5) is 0 Å². The summed E-state index contributed by atoms with van der Waals surface area (Å²) in [5.74, 6) is 0.899. The van der Waals surface area contributed by atoms with Crippen LogP contribution < -0.4 is 0 Å². The minimum absolute atomic E-state index is 0.203. The lowest BCUT2D eigenvalue weighted by Crippen LogP contribution is -2.23. The van der Waals surface area contributed by atoms with Gasteiger partial charge >= 0.3 is 0 Å². The Hall–Kier alpha value is -2.74. The first-order chi connectivity index (χ1) is 16.0. The van der Waals surface area contributed by atoms with Gasteiger partial charge in [0.25, 0.3) is 0 Å². The third-order valence-corrected chi connectivity index (χ3v) is 7.81. The lowest BCUT2D eigenvalue weighted by Gasteiger charge is -2.32. The summed E-state index contributed by atoms with van der Waals surface area (Å²) in [6.45, 7) is 17.5. The van der Waals surface area contributed by atoms with Crippen LogP contribution in [0.15, 0.2) is 48.5 Å². The highest BCUT2D eigenvalue weighted by atomic mass is 16.3. The summed E-state index contributed by atoms with van der Waals surface area (Å²) < 4.78 is 0. The number of hydrogen-bond acceptors (Lipinski definition) is 2.